The molecule has 152 valence electrons. The molecule has 1 amide bonds. The molecule has 0 N–H and O–H groups in total. The lowest BCUT2D eigenvalue weighted by Crippen LogP contribution is -2.27. The van der Waals surface area contributed by atoms with E-state index in [9.17, 15) is 9.59 Å². The second-order valence-corrected chi connectivity index (χ2v) is 11.0. The summed E-state index contributed by atoms with van der Waals surface area (Å²) < 4.78 is 1.85. The zero-order chi connectivity index (χ0) is 20.0. The molecule has 7 heteroatoms. The monoisotopic (exact) mass is 419 g/mol. The van der Waals surface area contributed by atoms with Crippen molar-refractivity contribution >= 4 is 39.2 Å². The Morgan fingerprint density at radius 1 is 1.29 bits per heavy atom. The van der Waals surface area contributed by atoms with Gasteiger partial charge in [-0.1, -0.05) is 32.5 Å². The first-order valence-corrected chi connectivity index (χ1v) is 12.0. The molecule has 0 spiro atoms. The fourth-order valence-electron chi connectivity index (χ4n) is 4.11. The van der Waals surface area contributed by atoms with Gasteiger partial charge in [-0.2, -0.15) is 0 Å². The fourth-order valence-corrected chi connectivity index (χ4v) is 6.74. The summed E-state index contributed by atoms with van der Waals surface area (Å²) in [6, 6.07) is 0. The van der Waals surface area contributed by atoms with Gasteiger partial charge in [0, 0.05) is 25.0 Å². The van der Waals surface area contributed by atoms with Gasteiger partial charge < -0.3 is 4.90 Å². The van der Waals surface area contributed by atoms with Gasteiger partial charge in [-0.3, -0.25) is 14.2 Å². The third kappa shape index (κ3) is 3.63. The molecule has 0 aromatic carbocycles. The normalized spacial score (nSPS) is 22.5. The van der Waals surface area contributed by atoms with Gasteiger partial charge in [-0.15, -0.1) is 11.3 Å². The summed E-state index contributed by atoms with van der Waals surface area (Å²) in [4.78, 5) is 34.9. The first-order valence-electron chi connectivity index (χ1n) is 10.3. The number of aromatic nitrogens is 2. The summed E-state index contributed by atoms with van der Waals surface area (Å²) in [7, 11) is 1.85. The quantitative estimate of drug-likeness (QED) is 0.689. The molecule has 1 saturated heterocycles. The number of hydrogen-bond acceptors (Lipinski definition) is 5. The summed E-state index contributed by atoms with van der Waals surface area (Å²) in [5.74, 6) is 1.33. The number of carbonyl (C=O) groups excluding carboxylic acids is 1. The average molecular weight is 420 g/mol. The van der Waals surface area contributed by atoms with E-state index in [4.69, 9.17) is 4.98 Å². The van der Waals surface area contributed by atoms with Crippen molar-refractivity contribution in [2.45, 2.75) is 69.8 Å². The molecular formula is C21H29N3O2S2. The highest BCUT2D eigenvalue weighted by molar-refractivity contribution is 8.00. The van der Waals surface area contributed by atoms with Gasteiger partial charge in [0.2, 0.25) is 5.91 Å². The second kappa shape index (κ2) is 7.82. The molecule has 3 heterocycles. The van der Waals surface area contributed by atoms with Gasteiger partial charge in [0.1, 0.15) is 4.83 Å². The zero-order valence-corrected chi connectivity index (χ0v) is 18.8. The van der Waals surface area contributed by atoms with Crippen LogP contribution in [0.3, 0.4) is 0 Å². The minimum atomic E-state index is -0.130. The van der Waals surface area contributed by atoms with Crippen LogP contribution in [0.25, 0.3) is 10.2 Å². The van der Waals surface area contributed by atoms with Crippen molar-refractivity contribution in [2.24, 2.45) is 11.8 Å². The SMILES string of the molecule is CC(C)CCn1c(SC2CCN(C)C2=O)nc2sc3c(c2c1=O)CCC(C)C3. The number of hydrogen-bond donors (Lipinski definition) is 0. The highest BCUT2D eigenvalue weighted by Gasteiger charge is 2.32. The van der Waals surface area contributed by atoms with Crippen LogP contribution in [0, 0.1) is 11.8 Å². The molecule has 2 aromatic heterocycles. The van der Waals surface area contributed by atoms with Crippen LogP contribution < -0.4 is 5.56 Å². The minimum absolute atomic E-state index is 0.0963. The van der Waals surface area contributed by atoms with E-state index in [0.717, 1.165) is 54.0 Å². The predicted octanol–water partition coefficient (Wildman–Crippen LogP) is 3.95. The van der Waals surface area contributed by atoms with Crippen molar-refractivity contribution in [3.63, 3.8) is 0 Å². The smallest absolute Gasteiger partial charge is 0.263 e. The molecular weight excluding hydrogens is 390 g/mol. The van der Waals surface area contributed by atoms with Crippen molar-refractivity contribution in [1.82, 2.24) is 14.5 Å². The van der Waals surface area contributed by atoms with E-state index in [1.54, 1.807) is 16.2 Å². The lowest BCUT2D eigenvalue weighted by Gasteiger charge is -2.18. The molecule has 2 unspecified atom stereocenters. The molecule has 0 bridgehead atoms. The van der Waals surface area contributed by atoms with Crippen LogP contribution in [-0.4, -0.2) is 39.2 Å². The van der Waals surface area contributed by atoms with E-state index in [1.807, 2.05) is 11.6 Å². The van der Waals surface area contributed by atoms with Crippen LogP contribution in [0.4, 0.5) is 0 Å². The summed E-state index contributed by atoms with van der Waals surface area (Å²) in [6.45, 7) is 8.07. The maximum Gasteiger partial charge on any atom is 0.263 e. The van der Waals surface area contributed by atoms with Gasteiger partial charge in [-0.25, -0.2) is 4.98 Å². The molecule has 0 radical (unpaired) electrons. The van der Waals surface area contributed by atoms with Gasteiger partial charge in [-0.05, 0) is 49.5 Å². The Bertz CT molecular complexity index is 963. The van der Waals surface area contributed by atoms with Gasteiger partial charge >= 0.3 is 0 Å². The number of thiophene rings is 1. The summed E-state index contributed by atoms with van der Waals surface area (Å²) in [6.07, 6.45) is 4.93. The number of amides is 1. The molecule has 1 fully saturated rings. The number of likely N-dealkylation sites (tertiary alicyclic amines) is 1. The Balaban J connectivity index is 1.79. The lowest BCUT2D eigenvalue weighted by atomic mass is 9.89. The Morgan fingerprint density at radius 2 is 2.07 bits per heavy atom. The fraction of sp³-hybridized carbons (Fsp3) is 0.667. The highest BCUT2D eigenvalue weighted by atomic mass is 32.2. The van der Waals surface area contributed by atoms with Crippen LogP contribution in [-0.2, 0) is 24.2 Å². The standard InChI is InChI=1S/C21H29N3O2S2/c1-12(2)7-10-24-20(26)17-14-6-5-13(3)11-16(14)27-18(17)22-21(24)28-15-8-9-23(4)19(15)25/h12-13,15H,5-11H2,1-4H3. The van der Waals surface area contributed by atoms with Crippen LogP contribution in [0.2, 0.25) is 0 Å². The molecule has 5 nitrogen and oxygen atoms in total. The topological polar surface area (TPSA) is 55.2 Å². The maximum absolute atomic E-state index is 13.5. The molecule has 0 saturated carbocycles. The van der Waals surface area contributed by atoms with Crippen molar-refractivity contribution < 1.29 is 4.79 Å². The van der Waals surface area contributed by atoms with E-state index in [-0.39, 0.29) is 16.7 Å². The van der Waals surface area contributed by atoms with Crippen molar-refractivity contribution in [1.29, 1.82) is 0 Å². The lowest BCUT2D eigenvalue weighted by molar-refractivity contribution is -0.126. The van der Waals surface area contributed by atoms with E-state index in [0.29, 0.717) is 18.4 Å². The largest absolute Gasteiger partial charge is 0.345 e. The summed E-state index contributed by atoms with van der Waals surface area (Å²) in [5.41, 5.74) is 1.33. The maximum atomic E-state index is 13.5. The molecule has 2 aliphatic rings. The molecule has 1 aliphatic carbocycles. The van der Waals surface area contributed by atoms with E-state index >= 15 is 0 Å². The number of aryl methyl sites for hydroxylation is 1. The third-order valence-corrected chi connectivity index (χ3v) is 8.33. The van der Waals surface area contributed by atoms with Crippen LogP contribution >= 0.6 is 23.1 Å². The molecule has 4 rings (SSSR count). The molecule has 2 aromatic rings. The number of rotatable bonds is 5. The first kappa shape index (κ1) is 20.0. The van der Waals surface area contributed by atoms with Crippen LogP contribution in [0.5, 0.6) is 0 Å². The van der Waals surface area contributed by atoms with Gasteiger partial charge in [0.25, 0.3) is 5.56 Å². The summed E-state index contributed by atoms with van der Waals surface area (Å²) in [5, 5.41) is 1.43. The van der Waals surface area contributed by atoms with E-state index < -0.39 is 0 Å². The second-order valence-electron chi connectivity index (χ2n) is 8.72. The zero-order valence-electron chi connectivity index (χ0n) is 17.2. The van der Waals surface area contributed by atoms with Crippen molar-refractivity contribution in [3.8, 4) is 0 Å². The third-order valence-electron chi connectivity index (χ3n) is 5.94. The highest BCUT2D eigenvalue weighted by Crippen LogP contribution is 2.37. The molecule has 28 heavy (non-hydrogen) atoms. The number of fused-ring (bicyclic) bond motifs is 3. The van der Waals surface area contributed by atoms with Crippen molar-refractivity contribution in [2.75, 3.05) is 13.6 Å². The van der Waals surface area contributed by atoms with Crippen LogP contribution in [0.1, 0.15) is 50.5 Å². The van der Waals surface area contributed by atoms with Crippen LogP contribution in [0.15, 0.2) is 9.95 Å². The Morgan fingerprint density at radius 3 is 2.75 bits per heavy atom. The van der Waals surface area contributed by atoms with Gasteiger partial charge in [0.05, 0.1) is 10.6 Å². The molecule has 1 aliphatic heterocycles. The first-order chi connectivity index (χ1) is 13.3. The van der Waals surface area contributed by atoms with E-state index in [2.05, 4.69) is 20.8 Å². The Labute approximate surface area is 174 Å². The van der Waals surface area contributed by atoms with E-state index in [1.165, 1.54) is 22.2 Å². The minimum Gasteiger partial charge on any atom is -0.345 e. The number of nitrogens with zero attached hydrogens (tertiary/aromatic N) is 3. The average Bonchev–Trinajstić information content (AvgIpc) is 3.15. The van der Waals surface area contributed by atoms with Crippen molar-refractivity contribution in [3.05, 3.63) is 20.8 Å². The Kier molecular flexibility index (Phi) is 5.58. The summed E-state index contributed by atoms with van der Waals surface area (Å²) >= 11 is 3.18. The number of carbonyl (C=O) groups is 1. The van der Waals surface area contributed by atoms with Gasteiger partial charge in [0.15, 0.2) is 5.16 Å². The molecule has 2 atom stereocenters. The Hall–Kier alpha value is -1.34. The number of thioether (sulfide) groups is 1. The predicted molar refractivity (Wildman–Crippen MR) is 116 cm³/mol.